The molecule has 0 radical (unpaired) electrons. The Bertz CT molecular complexity index is 596. The van der Waals surface area contributed by atoms with Gasteiger partial charge in [0.2, 0.25) is 5.88 Å². The number of fused-ring (bicyclic) bond motifs is 1. The van der Waals surface area contributed by atoms with Crippen molar-refractivity contribution in [1.29, 1.82) is 0 Å². The van der Waals surface area contributed by atoms with Crippen molar-refractivity contribution in [1.82, 2.24) is 20.5 Å². The quantitative estimate of drug-likeness (QED) is 0.920. The average Bonchev–Trinajstić information content (AvgIpc) is 2.97. The lowest BCUT2D eigenvalue weighted by atomic mass is 9.98. The van der Waals surface area contributed by atoms with Crippen LogP contribution in [0.4, 0.5) is 0 Å². The Morgan fingerprint density at radius 2 is 2.29 bits per heavy atom. The number of aromatic nitrogens is 3. The van der Waals surface area contributed by atoms with Gasteiger partial charge in [-0.05, 0) is 38.3 Å². The van der Waals surface area contributed by atoms with E-state index in [1.807, 2.05) is 12.1 Å². The van der Waals surface area contributed by atoms with Crippen molar-refractivity contribution in [2.75, 3.05) is 13.7 Å². The summed E-state index contributed by atoms with van der Waals surface area (Å²) in [5, 5.41) is 12.8. The second kappa shape index (κ2) is 6.49. The minimum Gasteiger partial charge on any atom is -0.480 e. The molecule has 1 aliphatic carbocycles. The average molecular weight is 304 g/mol. The van der Waals surface area contributed by atoms with Crippen LogP contribution in [0.5, 0.6) is 5.88 Å². The van der Waals surface area contributed by atoms with Crippen LogP contribution in [-0.4, -0.2) is 28.8 Å². The van der Waals surface area contributed by atoms with Crippen LogP contribution in [0.15, 0.2) is 12.1 Å². The molecule has 112 valence electrons. The summed E-state index contributed by atoms with van der Waals surface area (Å²) in [4.78, 5) is 6.15. The third-order valence-corrected chi connectivity index (χ3v) is 4.89. The Kier molecular flexibility index (Phi) is 4.45. The number of hydrogen-bond acceptors (Lipinski definition) is 6. The van der Waals surface area contributed by atoms with Crippen LogP contribution < -0.4 is 10.1 Å². The van der Waals surface area contributed by atoms with Gasteiger partial charge >= 0.3 is 0 Å². The van der Waals surface area contributed by atoms with E-state index in [1.54, 1.807) is 18.4 Å². The van der Waals surface area contributed by atoms with Crippen molar-refractivity contribution in [3.8, 4) is 16.6 Å². The minimum atomic E-state index is 0.450. The van der Waals surface area contributed by atoms with Gasteiger partial charge < -0.3 is 10.1 Å². The summed E-state index contributed by atoms with van der Waals surface area (Å²) < 4.78 is 5.05. The fraction of sp³-hybridized carbons (Fsp3) is 0.533. The lowest BCUT2D eigenvalue weighted by molar-refractivity contribution is 0.392. The molecule has 0 amide bonds. The first kappa shape index (κ1) is 14.4. The molecular weight excluding hydrogens is 284 g/mol. The van der Waals surface area contributed by atoms with Gasteiger partial charge in [-0.2, -0.15) is 0 Å². The fourth-order valence-electron chi connectivity index (χ4n) is 2.59. The molecule has 0 bridgehead atoms. The van der Waals surface area contributed by atoms with Crippen molar-refractivity contribution in [3.05, 3.63) is 22.7 Å². The molecule has 0 saturated carbocycles. The van der Waals surface area contributed by atoms with Gasteiger partial charge in [0.1, 0.15) is 10.7 Å². The second-order valence-corrected chi connectivity index (χ2v) is 6.22. The molecule has 3 rings (SSSR count). The number of nitrogens with one attached hydrogen (secondary N) is 1. The number of hydrogen-bond donors (Lipinski definition) is 1. The highest BCUT2D eigenvalue weighted by molar-refractivity contribution is 7.15. The first-order valence-electron chi connectivity index (χ1n) is 7.43. The van der Waals surface area contributed by atoms with Crippen LogP contribution in [-0.2, 0) is 6.42 Å². The highest BCUT2D eigenvalue weighted by Crippen LogP contribution is 2.37. The Hall–Kier alpha value is -1.53. The van der Waals surface area contributed by atoms with Gasteiger partial charge in [-0.1, -0.05) is 6.92 Å². The fourth-order valence-corrected chi connectivity index (χ4v) is 3.77. The molecule has 1 N–H and O–H groups in total. The van der Waals surface area contributed by atoms with Crippen LogP contribution in [0.3, 0.4) is 0 Å². The maximum atomic E-state index is 5.05. The molecule has 2 aromatic heterocycles. The predicted molar refractivity (Wildman–Crippen MR) is 83.7 cm³/mol. The van der Waals surface area contributed by atoms with Crippen molar-refractivity contribution in [2.45, 2.75) is 38.6 Å². The Morgan fingerprint density at radius 3 is 3.00 bits per heavy atom. The number of methoxy groups -OCH3 is 1. The van der Waals surface area contributed by atoms with E-state index >= 15 is 0 Å². The number of aryl methyl sites for hydroxylation is 1. The molecule has 1 atom stereocenters. The molecule has 2 heterocycles. The topological polar surface area (TPSA) is 59.9 Å². The van der Waals surface area contributed by atoms with Crippen LogP contribution in [0.25, 0.3) is 10.7 Å². The highest BCUT2D eigenvalue weighted by atomic mass is 32.1. The molecule has 5 nitrogen and oxygen atoms in total. The van der Waals surface area contributed by atoms with Crippen LogP contribution >= 0.6 is 11.3 Å². The van der Waals surface area contributed by atoms with E-state index in [1.165, 1.54) is 23.4 Å². The minimum absolute atomic E-state index is 0.450. The first-order valence-corrected chi connectivity index (χ1v) is 8.24. The Balaban J connectivity index is 1.86. The summed E-state index contributed by atoms with van der Waals surface area (Å²) in [6.07, 6.45) is 4.62. The predicted octanol–water partition coefficient (Wildman–Crippen LogP) is 2.99. The highest BCUT2D eigenvalue weighted by Gasteiger charge is 2.24. The van der Waals surface area contributed by atoms with E-state index < -0.39 is 0 Å². The van der Waals surface area contributed by atoms with E-state index in [4.69, 9.17) is 9.72 Å². The van der Waals surface area contributed by atoms with Crippen LogP contribution in [0, 0.1) is 0 Å². The molecule has 0 fully saturated rings. The smallest absolute Gasteiger partial charge is 0.233 e. The zero-order valence-corrected chi connectivity index (χ0v) is 13.2. The molecular formula is C15H20N4OS. The molecule has 6 heteroatoms. The second-order valence-electron chi connectivity index (χ2n) is 5.19. The van der Waals surface area contributed by atoms with Gasteiger partial charge in [0.25, 0.3) is 0 Å². The van der Waals surface area contributed by atoms with E-state index in [2.05, 4.69) is 22.4 Å². The van der Waals surface area contributed by atoms with Gasteiger partial charge in [-0.3, -0.25) is 0 Å². The SMILES string of the molecule is CCCNC1CCCc2nc(-c3ccc(OC)nn3)sc21. The van der Waals surface area contributed by atoms with Crippen LogP contribution in [0.2, 0.25) is 0 Å². The van der Waals surface area contributed by atoms with Crippen LogP contribution in [0.1, 0.15) is 42.8 Å². The number of ether oxygens (including phenoxy) is 1. The third-order valence-electron chi connectivity index (χ3n) is 3.66. The summed E-state index contributed by atoms with van der Waals surface area (Å²) >= 11 is 1.74. The first-order chi connectivity index (χ1) is 10.3. The largest absolute Gasteiger partial charge is 0.480 e. The summed E-state index contributed by atoms with van der Waals surface area (Å²) in [5.74, 6) is 0.530. The van der Waals surface area contributed by atoms with Gasteiger partial charge in [-0.15, -0.1) is 21.5 Å². The monoisotopic (exact) mass is 304 g/mol. The van der Waals surface area contributed by atoms with E-state index in [9.17, 15) is 0 Å². The lowest BCUT2D eigenvalue weighted by Gasteiger charge is -2.22. The van der Waals surface area contributed by atoms with E-state index in [0.717, 1.165) is 30.1 Å². The van der Waals surface area contributed by atoms with Gasteiger partial charge in [0.05, 0.1) is 12.8 Å². The summed E-state index contributed by atoms with van der Waals surface area (Å²) in [6, 6.07) is 4.20. The maximum absolute atomic E-state index is 5.05. The molecule has 0 saturated heterocycles. The lowest BCUT2D eigenvalue weighted by Crippen LogP contribution is -2.24. The normalized spacial score (nSPS) is 17.5. The third kappa shape index (κ3) is 3.06. The number of rotatable bonds is 5. The number of thiazole rings is 1. The summed E-state index contributed by atoms with van der Waals surface area (Å²) in [6.45, 7) is 3.25. The Labute approximate surface area is 128 Å². The summed E-state index contributed by atoms with van der Waals surface area (Å²) in [5.41, 5.74) is 2.05. The molecule has 0 aliphatic heterocycles. The van der Waals surface area contributed by atoms with E-state index in [0.29, 0.717) is 11.9 Å². The van der Waals surface area contributed by atoms with Gasteiger partial charge in [-0.25, -0.2) is 4.98 Å². The molecule has 21 heavy (non-hydrogen) atoms. The molecule has 2 aromatic rings. The van der Waals surface area contributed by atoms with E-state index in [-0.39, 0.29) is 0 Å². The maximum Gasteiger partial charge on any atom is 0.233 e. The number of nitrogens with zero attached hydrogens (tertiary/aromatic N) is 3. The molecule has 0 spiro atoms. The van der Waals surface area contributed by atoms with Gasteiger partial charge in [0.15, 0.2) is 0 Å². The molecule has 1 unspecified atom stereocenters. The standard InChI is InChI=1S/C15H20N4OS/c1-3-9-16-10-5-4-6-11-14(10)21-15(17-11)12-7-8-13(20-2)19-18-12/h7-8,10,16H,3-6,9H2,1-2H3. The summed E-state index contributed by atoms with van der Waals surface area (Å²) in [7, 11) is 1.59. The van der Waals surface area contributed by atoms with Crippen molar-refractivity contribution in [2.24, 2.45) is 0 Å². The van der Waals surface area contributed by atoms with Crippen molar-refractivity contribution >= 4 is 11.3 Å². The van der Waals surface area contributed by atoms with Crippen molar-refractivity contribution in [3.63, 3.8) is 0 Å². The van der Waals surface area contributed by atoms with Gasteiger partial charge in [0, 0.05) is 17.0 Å². The zero-order valence-electron chi connectivity index (χ0n) is 12.4. The van der Waals surface area contributed by atoms with Crippen molar-refractivity contribution < 1.29 is 4.74 Å². The Morgan fingerprint density at radius 1 is 1.38 bits per heavy atom. The molecule has 0 aromatic carbocycles. The molecule has 1 aliphatic rings. The zero-order chi connectivity index (χ0) is 14.7.